The van der Waals surface area contributed by atoms with Crippen LogP contribution in [0.25, 0.3) is 11.3 Å². The predicted octanol–water partition coefficient (Wildman–Crippen LogP) is 3.89. The predicted molar refractivity (Wildman–Crippen MR) is 141 cm³/mol. The number of benzene rings is 2. The number of nitrogens with two attached hydrogens (primary N) is 1. The minimum atomic E-state index is -5.42. The molecule has 9 nitrogen and oxygen atoms in total. The Morgan fingerprint density at radius 1 is 1.12 bits per heavy atom. The Kier molecular flexibility index (Phi) is 7.45. The standard InChI is InChI=1S/C29H26F5N3O6/c1-27(26(35)39)13-42-24-17(27)11-22(37-23(24)14-3-7-18(30)19(31)9-14)28(40,29(32,33)34)12-36-25(38)15-4-8-20(21(10-15)41-2)43-16-5-6-16/h3-4,7-11,16,40H,5-6,12-13H2,1-2H3,(H2,35,39)(H,36,38)/t27-,28?/m0/s1. The minimum Gasteiger partial charge on any atom is -0.493 e. The van der Waals surface area contributed by atoms with Crippen LogP contribution in [0.2, 0.25) is 0 Å². The number of nitrogens with one attached hydrogen (secondary N) is 1. The summed E-state index contributed by atoms with van der Waals surface area (Å²) in [6.45, 7) is -0.476. The van der Waals surface area contributed by atoms with Gasteiger partial charge in [-0.15, -0.1) is 0 Å². The van der Waals surface area contributed by atoms with Crippen molar-refractivity contribution in [3.63, 3.8) is 0 Å². The van der Waals surface area contributed by atoms with E-state index in [1.54, 1.807) is 0 Å². The molecular weight excluding hydrogens is 581 g/mol. The monoisotopic (exact) mass is 607 g/mol. The molecule has 2 amide bonds. The van der Waals surface area contributed by atoms with Gasteiger partial charge in [0, 0.05) is 16.7 Å². The SMILES string of the molecule is COc1cc(C(=O)NCC(O)(c2cc3c(c(-c4ccc(F)c(F)c4)n2)OC[C@]3(C)C(N)=O)C(F)(F)F)ccc1OC1CC1. The van der Waals surface area contributed by atoms with Crippen molar-refractivity contribution in [2.24, 2.45) is 5.73 Å². The fraction of sp³-hybridized carbons (Fsp3) is 0.345. The summed E-state index contributed by atoms with van der Waals surface area (Å²) in [5.41, 5.74) is -1.80. The number of nitrogens with zero attached hydrogens (tertiary/aromatic N) is 1. The molecule has 1 aliphatic heterocycles. The smallest absolute Gasteiger partial charge is 0.424 e. The van der Waals surface area contributed by atoms with Gasteiger partial charge in [0.05, 0.1) is 25.5 Å². The lowest BCUT2D eigenvalue weighted by atomic mass is 9.81. The lowest BCUT2D eigenvalue weighted by Crippen LogP contribution is -2.51. The average Bonchev–Trinajstić information content (AvgIpc) is 3.72. The molecule has 0 spiro atoms. The van der Waals surface area contributed by atoms with E-state index in [-0.39, 0.29) is 40.9 Å². The van der Waals surface area contributed by atoms with E-state index in [2.05, 4.69) is 10.3 Å². The van der Waals surface area contributed by atoms with Crippen LogP contribution in [0.1, 0.15) is 41.4 Å². The maximum absolute atomic E-state index is 14.6. The van der Waals surface area contributed by atoms with Crippen molar-refractivity contribution in [1.29, 1.82) is 0 Å². The van der Waals surface area contributed by atoms with E-state index in [0.717, 1.165) is 31.0 Å². The van der Waals surface area contributed by atoms with Gasteiger partial charge in [-0.25, -0.2) is 13.8 Å². The maximum atomic E-state index is 14.6. The van der Waals surface area contributed by atoms with Crippen LogP contribution in [0.15, 0.2) is 42.5 Å². The number of rotatable bonds is 9. The van der Waals surface area contributed by atoms with Crippen LogP contribution >= 0.6 is 0 Å². The van der Waals surface area contributed by atoms with E-state index in [1.807, 2.05) is 0 Å². The quantitative estimate of drug-likeness (QED) is 0.315. The number of fused-ring (bicyclic) bond motifs is 1. The molecule has 4 N–H and O–H groups in total. The Morgan fingerprint density at radius 3 is 2.44 bits per heavy atom. The molecule has 0 bridgehead atoms. The molecule has 2 heterocycles. The zero-order valence-electron chi connectivity index (χ0n) is 22.9. The number of pyridine rings is 1. The zero-order chi connectivity index (χ0) is 31.3. The molecule has 2 aromatic carbocycles. The molecule has 5 rings (SSSR count). The molecule has 228 valence electrons. The highest BCUT2D eigenvalue weighted by atomic mass is 19.4. The first-order valence-corrected chi connectivity index (χ1v) is 13.0. The lowest BCUT2D eigenvalue weighted by molar-refractivity contribution is -0.265. The Hall–Kier alpha value is -4.46. The summed E-state index contributed by atoms with van der Waals surface area (Å²) in [4.78, 5) is 29.2. The van der Waals surface area contributed by atoms with Crippen LogP contribution in [0.4, 0.5) is 22.0 Å². The Bertz CT molecular complexity index is 1610. The number of hydrogen-bond donors (Lipinski definition) is 3. The van der Waals surface area contributed by atoms with Gasteiger partial charge >= 0.3 is 6.18 Å². The molecule has 2 aliphatic rings. The van der Waals surface area contributed by atoms with Gasteiger partial charge in [0.2, 0.25) is 11.5 Å². The molecule has 1 aromatic heterocycles. The van der Waals surface area contributed by atoms with Crippen LogP contribution in [-0.2, 0) is 15.8 Å². The van der Waals surface area contributed by atoms with Crippen molar-refractivity contribution in [3.05, 3.63) is 70.9 Å². The van der Waals surface area contributed by atoms with Crippen molar-refractivity contribution >= 4 is 11.8 Å². The first kappa shape index (κ1) is 30.0. The van der Waals surface area contributed by atoms with Crippen molar-refractivity contribution in [2.75, 3.05) is 20.3 Å². The molecule has 0 radical (unpaired) electrons. The van der Waals surface area contributed by atoms with E-state index in [9.17, 15) is 36.6 Å². The summed E-state index contributed by atoms with van der Waals surface area (Å²) >= 11 is 0. The van der Waals surface area contributed by atoms with Crippen LogP contribution < -0.4 is 25.3 Å². The Balaban J connectivity index is 1.55. The number of carbonyl (C=O) groups is 2. The van der Waals surface area contributed by atoms with E-state index in [1.165, 1.54) is 32.2 Å². The van der Waals surface area contributed by atoms with Gasteiger partial charge in [-0.1, -0.05) is 0 Å². The number of primary amides is 1. The number of halogens is 5. The topological polar surface area (TPSA) is 133 Å². The molecule has 14 heteroatoms. The number of amides is 2. The second kappa shape index (κ2) is 10.7. The second-order valence-electron chi connectivity index (χ2n) is 10.6. The Morgan fingerprint density at radius 2 is 1.84 bits per heavy atom. The maximum Gasteiger partial charge on any atom is 0.424 e. The molecule has 1 aliphatic carbocycles. The number of aromatic nitrogens is 1. The van der Waals surface area contributed by atoms with Crippen molar-refractivity contribution in [2.45, 2.75) is 43.1 Å². The van der Waals surface area contributed by atoms with E-state index >= 15 is 0 Å². The molecule has 3 aromatic rings. The van der Waals surface area contributed by atoms with Gasteiger partial charge in [-0.3, -0.25) is 9.59 Å². The minimum absolute atomic E-state index is 0.0216. The van der Waals surface area contributed by atoms with Crippen molar-refractivity contribution in [1.82, 2.24) is 10.3 Å². The summed E-state index contributed by atoms with van der Waals surface area (Å²) in [5, 5.41) is 13.2. The van der Waals surface area contributed by atoms with Gasteiger partial charge in [-0.2, -0.15) is 13.2 Å². The summed E-state index contributed by atoms with van der Waals surface area (Å²) < 4.78 is 88.0. The number of alkyl halides is 3. The zero-order valence-corrected chi connectivity index (χ0v) is 22.9. The fourth-order valence-electron chi connectivity index (χ4n) is 4.56. The summed E-state index contributed by atoms with van der Waals surface area (Å²) in [6, 6.07) is 7.33. The van der Waals surface area contributed by atoms with E-state index in [0.29, 0.717) is 11.8 Å². The lowest BCUT2D eigenvalue weighted by Gasteiger charge is -2.31. The molecular formula is C29H26F5N3O6. The van der Waals surface area contributed by atoms with Gasteiger partial charge in [-0.05, 0) is 62.2 Å². The van der Waals surface area contributed by atoms with Gasteiger partial charge < -0.3 is 30.4 Å². The van der Waals surface area contributed by atoms with Crippen LogP contribution in [0.5, 0.6) is 17.2 Å². The third-order valence-electron chi connectivity index (χ3n) is 7.45. The highest BCUT2D eigenvalue weighted by Crippen LogP contribution is 2.48. The molecule has 1 fully saturated rings. The molecule has 0 saturated heterocycles. The number of aliphatic hydroxyl groups is 1. The number of carbonyl (C=O) groups excluding carboxylic acids is 2. The van der Waals surface area contributed by atoms with Crippen LogP contribution in [0, 0.1) is 11.6 Å². The average molecular weight is 608 g/mol. The first-order chi connectivity index (χ1) is 20.2. The highest BCUT2D eigenvalue weighted by molar-refractivity contribution is 5.95. The van der Waals surface area contributed by atoms with Gasteiger partial charge in [0.15, 0.2) is 23.1 Å². The first-order valence-electron chi connectivity index (χ1n) is 13.0. The fourth-order valence-corrected chi connectivity index (χ4v) is 4.56. The van der Waals surface area contributed by atoms with Crippen LogP contribution in [0.3, 0.4) is 0 Å². The summed E-state index contributed by atoms with van der Waals surface area (Å²) in [5.74, 6) is -4.12. The third-order valence-corrected chi connectivity index (χ3v) is 7.45. The van der Waals surface area contributed by atoms with Crippen LogP contribution in [-0.4, -0.2) is 54.4 Å². The molecule has 1 unspecified atom stereocenters. The summed E-state index contributed by atoms with van der Waals surface area (Å²) in [6.07, 6.45) is -3.68. The normalized spacial score (nSPS) is 19.2. The number of ether oxygens (including phenoxy) is 3. The van der Waals surface area contributed by atoms with Gasteiger partial charge in [0.25, 0.3) is 5.91 Å². The number of hydrogen-bond acceptors (Lipinski definition) is 7. The molecule has 2 atom stereocenters. The van der Waals surface area contributed by atoms with Crippen molar-refractivity contribution < 1.29 is 50.9 Å². The van der Waals surface area contributed by atoms with E-state index in [4.69, 9.17) is 19.9 Å². The van der Waals surface area contributed by atoms with Crippen molar-refractivity contribution in [3.8, 4) is 28.5 Å². The molecule has 1 saturated carbocycles. The Labute approximate surface area is 241 Å². The van der Waals surface area contributed by atoms with Gasteiger partial charge in [0.1, 0.15) is 23.5 Å². The largest absolute Gasteiger partial charge is 0.493 e. The highest BCUT2D eigenvalue weighted by Gasteiger charge is 2.57. The number of methoxy groups -OCH3 is 1. The molecule has 43 heavy (non-hydrogen) atoms. The third kappa shape index (κ3) is 5.42. The second-order valence-corrected chi connectivity index (χ2v) is 10.6. The summed E-state index contributed by atoms with van der Waals surface area (Å²) in [7, 11) is 1.34. The van der Waals surface area contributed by atoms with E-state index < -0.39 is 58.6 Å².